The Hall–Kier alpha value is -4.72. The van der Waals surface area contributed by atoms with Gasteiger partial charge >= 0.3 is 5.97 Å². The molecule has 2 atom stereocenters. The van der Waals surface area contributed by atoms with Gasteiger partial charge in [-0.25, -0.2) is 9.78 Å². The Bertz CT molecular complexity index is 2150. The molecule has 1 amide bonds. The number of para-hydroxylation sites is 2. The highest BCUT2D eigenvalue weighted by Gasteiger charge is 2.29. The van der Waals surface area contributed by atoms with Crippen molar-refractivity contribution in [3.05, 3.63) is 117 Å². The Labute approximate surface area is 355 Å². The summed E-state index contributed by atoms with van der Waals surface area (Å²) in [5, 5.41) is 13.5. The number of phenolic OH excluding ortho intramolecular Hbond substituents is 1. The van der Waals surface area contributed by atoms with Crippen molar-refractivity contribution in [2.45, 2.75) is 64.1 Å². The smallest absolute Gasteiger partial charge is 0.328 e. The summed E-state index contributed by atoms with van der Waals surface area (Å²) in [5.74, 6) is -0.668. The lowest BCUT2D eigenvalue weighted by atomic mass is 9.90. The van der Waals surface area contributed by atoms with Gasteiger partial charge in [0.25, 0.3) is 5.91 Å². The van der Waals surface area contributed by atoms with Crippen LogP contribution in [-0.2, 0) is 28.9 Å². The second-order valence-electron chi connectivity index (χ2n) is 15.2. The minimum absolute atomic E-state index is 0.0821. The summed E-state index contributed by atoms with van der Waals surface area (Å²) in [6.45, 7) is 9.32. The van der Waals surface area contributed by atoms with Crippen LogP contribution < -0.4 is 10.1 Å². The fraction of sp³-hybridized carbons (Fsp3) is 0.422. The third-order valence-corrected chi connectivity index (χ3v) is 11.9. The number of pyridine rings is 1. The standard InChI is InChI=1S/C45H53Cl2N7O5/c1-2-58-45(57)37(28-31-12-4-3-5-13-31)51-44(56)33-29-34(46)43(40(47)42(33)55)59-27-26-53-24-22-52(23-25-53)20-8-9-21-54(30-39-49-35-16-6-7-17-36(35)50-39)38-18-10-14-32-15-11-19-48-41(32)38/h3-7,11-13,15-17,19,29,37-38,55H,2,8-10,14,18,20-28,30H2,1H3,(H,49,50)(H,51,56)/t37-,38-/m0/s1. The molecule has 3 aromatic carbocycles. The summed E-state index contributed by atoms with van der Waals surface area (Å²) in [6, 6.07) is 22.4. The number of phenols is 1. The number of hydrogen-bond donors (Lipinski definition) is 3. The van der Waals surface area contributed by atoms with Crippen LogP contribution in [0.15, 0.2) is 79.0 Å². The molecule has 2 aliphatic rings. The van der Waals surface area contributed by atoms with Crippen LogP contribution in [0.3, 0.4) is 0 Å². The highest BCUT2D eigenvalue weighted by atomic mass is 35.5. The van der Waals surface area contributed by atoms with Crippen molar-refractivity contribution >= 4 is 46.1 Å². The molecule has 1 aliphatic heterocycles. The fourth-order valence-corrected chi connectivity index (χ4v) is 8.71. The SMILES string of the molecule is CCOC(=O)[C@H](Cc1ccccc1)NC(=O)c1cc(Cl)c(OCCN2CCN(CCCCN(Cc3nc4ccccc4[nH]3)[C@H]3CCCc4cccnc43)CC2)c(Cl)c1O. The lowest BCUT2D eigenvalue weighted by Crippen LogP contribution is -2.47. The van der Waals surface area contributed by atoms with Crippen LogP contribution in [0, 0.1) is 0 Å². The normalized spacial score (nSPS) is 16.5. The molecule has 14 heteroatoms. The van der Waals surface area contributed by atoms with Gasteiger partial charge in [0.15, 0.2) is 11.5 Å². The van der Waals surface area contributed by atoms with Crippen molar-refractivity contribution < 1.29 is 24.2 Å². The molecule has 12 nitrogen and oxygen atoms in total. The number of carbonyl (C=O) groups is 2. The van der Waals surface area contributed by atoms with Crippen LogP contribution >= 0.6 is 23.2 Å². The molecular weight excluding hydrogens is 789 g/mol. The molecule has 0 saturated carbocycles. The van der Waals surface area contributed by atoms with Gasteiger partial charge in [0.2, 0.25) is 0 Å². The van der Waals surface area contributed by atoms with Crippen molar-refractivity contribution in [1.82, 2.24) is 35.0 Å². The molecule has 1 aliphatic carbocycles. The van der Waals surface area contributed by atoms with Crippen molar-refractivity contribution in [1.29, 1.82) is 0 Å². The van der Waals surface area contributed by atoms with Crippen molar-refractivity contribution in [2.24, 2.45) is 0 Å². The number of carbonyl (C=O) groups excluding carboxylic acids is 2. The minimum Gasteiger partial charge on any atom is -0.505 e. The maximum absolute atomic E-state index is 13.3. The number of esters is 1. The number of aryl methyl sites for hydroxylation is 1. The van der Waals surface area contributed by atoms with Gasteiger partial charge in [-0.15, -0.1) is 0 Å². The van der Waals surface area contributed by atoms with E-state index in [1.54, 1.807) is 6.92 Å². The number of aromatic hydroxyl groups is 1. The third-order valence-electron chi connectivity index (χ3n) is 11.2. The maximum atomic E-state index is 13.3. The van der Waals surface area contributed by atoms with E-state index in [-0.39, 0.29) is 40.4 Å². The largest absolute Gasteiger partial charge is 0.505 e. The van der Waals surface area contributed by atoms with E-state index in [1.807, 2.05) is 48.7 Å². The number of benzene rings is 3. The number of piperazine rings is 1. The summed E-state index contributed by atoms with van der Waals surface area (Å²) < 4.78 is 11.2. The van der Waals surface area contributed by atoms with Gasteiger partial charge in [-0.2, -0.15) is 0 Å². The molecule has 2 aromatic heterocycles. The molecule has 0 spiro atoms. The van der Waals surface area contributed by atoms with E-state index in [0.717, 1.165) is 93.9 Å². The lowest BCUT2D eigenvalue weighted by Gasteiger charge is -2.36. The Kier molecular flexibility index (Phi) is 14.7. The molecule has 0 unspecified atom stereocenters. The molecule has 312 valence electrons. The third kappa shape index (κ3) is 10.9. The zero-order valence-electron chi connectivity index (χ0n) is 33.5. The molecule has 7 rings (SSSR count). The highest BCUT2D eigenvalue weighted by molar-refractivity contribution is 6.39. The van der Waals surface area contributed by atoms with Gasteiger partial charge in [-0.1, -0.05) is 71.7 Å². The van der Waals surface area contributed by atoms with E-state index in [0.29, 0.717) is 13.2 Å². The zero-order valence-corrected chi connectivity index (χ0v) is 35.1. The van der Waals surface area contributed by atoms with Crippen LogP contribution in [0.1, 0.15) is 71.7 Å². The number of H-pyrrole nitrogens is 1. The van der Waals surface area contributed by atoms with Crippen molar-refractivity contribution in [2.75, 3.05) is 59.0 Å². The Morgan fingerprint density at radius 2 is 1.76 bits per heavy atom. The van der Waals surface area contributed by atoms with Gasteiger partial charge in [-0.3, -0.25) is 19.6 Å². The Morgan fingerprint density at radius 3 is 2.54 bits per heavy atom. The van der Waals surface area contributed by atoms with E-state index in [9.17, 15) is 14.7 Å². The number of halogens is 2. The molecule has 3 N–H and O–H groups in total. The average molecular weight is 843 g/mol. The quantitative estimate of drug-likeness (QED) is 0.0613. The molecule has 59 heavy (non-hydrogen) atoms. The van der Waals surface area contributed by atoms with Crippen molar-refractivity contribution in [3.8, 4) is 11.5 Å². The molecule has 0 bridgehead atoms. The number of aromatic amines is 1. The summed E-state index contributed by atoms with van der Waals surface area (Å²) in [5.41, 5.74) is 5.33. The van der Waals surface area contributed by atoms with Gasteiger partial charge in [0, 0.05) is 45.3 Å². The van der Waals surface area contributed by atoms with Gasteiger partial charge in [0.05, 0.1) is 46.5 Å². The number of unbranched alkanes of at least 4 members (excludes halogenated alkanes) is 1. The Balaban J connectivity index is 0.868. The minimum atomic E-state index is -0.981. The van der Waals surface area contributed by atoms with E-state index < -0.39 is 23.7 Å². The number of rotatable bonds is 18. The van der Waals surface area contributed by atoms with E-state index in [4.69, 9.17) is 42.6 Å². The van der Waals surface area contributed by atoms with Crippen LogP contribution in [0.25, 0.3) is 11.0 Å². The first-order chi connectivity index (χ1) is 28.8. The van der Waals surface area contributed by atoms with Crippen LogP contribution in [-0.4, -0.2) is 112 Å². The molecule has 1 saturated heterocycles. The summed E-state index contributed by atoms with van der Waals surface area (Å²) in [7, 11) is 0. The van der Waals surface area contributed by atoms with Crippen LogP contribution in [0.5, 0.6) is 11.5 Å². The summed E-state index contributed by atoms with van der Waals surface area (Å²) in [4.78, 5) is 46.8. The highest BCUT2D eigenvalue weighted by Crippen LogP contribution is 2.42. The summed E-state index contributed by atoms with van der Waals surface area (Å²) in [6.07, 6.45) is 7.68. The second kappa shape index (κ2) is 20.5. The number of ether oxygens (including phenoxy) is 2. The maximum Gasteiger partial charge on any atom is 0.328 e. The molecular formula is C45H53Cl2N7O5. The Morgan fingerprint density at radius 1 is 1.00 bits per heavy atom. The second-order valence-corrected chi connectivity index (χ2v) is 16.0. The van der Waals surface area contributed by atoms with Crippen molar-refractivity contribution in [3.63, 3.8) is 0 Å². The van der Waals surface area contributed by atoms with E-state index >= 15 is 0 Å². The fourth-order valence-electron chi connectivity index (χ4n) is 8.14. The number of hydrogen-bond acceptors (Lipinski definition) is 10. The van der Waals surface area contributed by atoms with Gasteiger partial charge in [0.1, 0.15) is 23.5 Å². The number of fused-ring (bicyclic) bond motifs is 2. The predicted molar refractivity (Wildman–Crippen MR) is 230 cm³/mol. The molecule has 1 fully saturated rings. The predicted octanol–water partition coefficient (Wildman–Crippen LogP) is 7.23. The number of nitrogens with one attached hydrogen (secondary N) is 2. The average Bonchev–Trinajstić information content (AvgIpc) is 3.67. The topological polar surface area (TPSA) is 136 Å². The first kappa shape index (κ1) is 42.4. The number of amides is 1. The van der Waals surface area contributed by atoms with E-state index in [2.05, 4.69) is 49.3 Å². The van der Waals surface area contributed by atoms with Gasteiger partial charge in [-0.05, 0) is 87.5 Å². The van der Waals surface area contributed by atoms with Gasteiger partial charge < -0.3 is 29.8 Å². The number of nitrogens with zero attached hydrogens (tertiary/aromatic N) is 5. The summed E-state index contributed by atoms with van der Waals surface area (Å²) >= 11 is 13.1. The lowest BCUT2D eigenvalue weighted by molar-refractivity contribution is -0.145. The number of imidazole rings is 1. The molecule has 3 heterocycles. The first-order valence-electron chi connectivity index (χ1n) is 20.7. The van der Waals surface area contributed by atoms with Crippen LogP contribution in [0.4, 0.5) is 0 Å². The van der Waals surface area contributed by atoms with Crippen LogP contribution in [0.2, 0.25) is 10.0 Å². The molecule has 5 aromatic rings. The number of aromatic nitrogens is 3. The first-order valence-corrected chi connectivity index (χ1v) is 21.4. The monoisotopic (exact) mass is 841 g/mol. The van der Waals surface area contributed by atoms with E-state index in [1.165, 1.54) is 23.7 Å². The zero-order chi connectivity index (χ0) is 41.1. The molecule has 0 radical (unpaired) electrons.